The highest BCUT2D eigenvalue weighted by molar-refractivity contribution is 8.83. The zero-order chi connectivity index (χ0) is 17.2. The van der Waals surface area contributed by atoms with E-state index < -0.39 is 0 Å². The van der Waals surface area contributed by atoms with Crippen LogP contribution in [0.5, 0.6) is 0 Å². The first kappa shape index (κ1) is 16.4. The zero-order valence-electron chi connectivity index (χ0n) is 14.8. The second-order valence-corrected chi connectivity index (χ2v) is 13.3. The summed E-state index contributed by atoms with van der Waals surface area (Å²) < 4.78 is 0.478. The Morgan fingerprint density at radius 2 is 1.12 bits per heavy atom. The molecule has 2 aromatic carbocycles. The van der Waals surface area contributed by atoms with Crippen LogP contribution in [0.1, 0.15) is 43.2 Å². The van der Waals surface area contributed by atoms with E-state index in [1.165, 1.54) is 43.2 Å². The first-order valence-electron chi connectivity index (χ1n) is 9.96. The van der Waals surface area contributed by atoms with Crippen molar-refractivity contribution in [2.75, 3.05) is 0 Å². The van der Waals surface area contributed by atoms with Crippen molar-refractivity contribution in [1.82, 2.24) is 0 Å². The summed E-state index contributed by atoms with van der Waals surface area (Å²) in [6.07, 6.45) is 7.51. The predicted octanol–water partition coefficient (Wildman–Crippen LogP) is 7.17. The van der Waals surface area contributed by atoms with Crippen LogP contribution in [0.4, 0.5) is 0 Å². The Balaban J connectivity index is 1.46. The van der Waals surface area contributed by atoms with Crippen LogP contribution in [0, 0.1) is 23.7 Å². The van der Waals surface area contributed by atoms with Crippen LogP contribution in [0.15, 0.2) is 60.7 Å². The lowest BCUT2D eigenvalue weighted by Gasteiger charge is -2.59. The van der Waals surface area contributed by atoms with Gasteiger partial charge in [-0.1, -0.05) is 82.3 Å². The molecule has 0 radical (unpaired) electrons. The molecular weight excluding hydrogens is 372 g/mol. The van der Waals surface area contributed by atoms with Gasteiger partial charge < -0.3 is 0 Å². The van der Waals surface area contributed by atoms with Crippen LogP contribution < -0.4 is 0 Å². The van der Waals surface area contributed by atoms with Gasteiger partial charge in [0, 0.05) is 0 Å². The molecular formula is C23H24S3. The SMILES string of the molecule is c1ccc(C2(c3ccccc3)SSC3(S2)C2CC4CC(C2)CC3C4)cc1. The number of hydrogen-bond donors (Lipinski definition) is 0. The van der Waals surface area contributed by atoms with E-state index in [0.717, 1.165) is 23.7 Å². The van der Waals surface area contributed by atoms with Gasteiger partial charge in [0.05, 0.1) is 4.08 Å². The summed E-state index contributed by atoms with van der Waals surface area (Å²) in [6, 6.07) is 22.6. The minimum absolute atomic E-state index is 0.0442. The van der Waals surface area contributed by atoms with Crippen molar-refractivity contribution in [3.05, 3.63) is 71.8 Å². The van der Waals surface area contributed by atoms with Crippen LogP contribution >= 0.6 is 33.3 Å². The minimum Gasteiger partial charge on any atom is -0.114 e. The first-order chi connectivity index (χ1) is 12.8. The van der Waals surface area contributed by atoms with Gasteiger partial charge in [-0.15, -0.1) is 11.8 Å². The summed E-state index contributed by atoms with van der Waals surface area (Å²) in [5, 5.41) is 0. The Morgan fingerprint density at radius 3 is 1.62 bits per heavy atom. The molecule has 0 aromatic heterocycles. The highest BCUT2D eigenvalue weighted by Gasteiger charge is 2.65. The zero-order valence-corrected chi connectivity index (χ0v) is 17.3. The van der Waals surface area contributed by atoms with Crippen LogP contribution in [-0.4, -0.2) is 4.08 Å². The third-order valence-electron chi connectivity index (χ3n) is 7.18. The summed E-state index contributed by atoms with van der Waals surface area (Å²) >= 11 is 2.33. The van der Waals surface area contributed by atoms with E-state index in [0.29, 0.717) is 4.08 Å². The number of benzene rings is 2. The summed E-state index contributed by atoms with van der Waals surface area (Å²) in [6.45, 7) is 0. The average Bonchev–Trinajstić information content (AvgIpc) is 3.10. The van der Waals surface area contributed by atoms with E-state index in [-0.39, 0.29) is 4.08 Å². The van der Waals surface area contributed by atoms with Gasteiger partial charge in [-0.05, 0) is 66.9 Å². The predicted molar refractivity (Wildman–Crippen MR) is 116 cm³/mol. The van der Waals surface area contributed by atoms with E-state index in [2.05, 4.69) is 94.0 Å². The Kier molecular flexibility index (Phi) is 3.79. The van der Waals surface area contributed by atoms with E-state index in [1.807, 2.05) is 0 Å². The van der Waals surface area contributed by atoms with Crippen molar-refractivity contribution in [2.24, 2.45) is 23.7 Å². The van der Waals surface area contributed by atoms with Crippen LogP contribution in [0.3, 0.4) is 0 Å². The molecule has 0 unspecified atom stereocenters. The largest absolute Gasteiger partial charge is 0.123 e. The molecule has 0 atom stereocenters. The molecule has 7 rings (SSSR count). The van der Waals surface area contributed by atoms with Crippen molar-refractivity contribution >= 4 is 33.3 Å². The van der Waals surface area contributed by atoms with Gasteiger partial charge in [0.2, 0.25) is 0 Å². The van der Waals surface area contributed by atoms with Crippen LogP contribution in [0.25, 0.3) is 0 Å². The molecule has 1 aliphatic heterocycles. The second-order valence-electron chi connectivity index (χ2n) is 8.64. The fourth-order valence-corrected chi connectivity index (χ4v) is 13.8. The number of hydrogen-bond acceptors (Lipinski definition) is 3. The first-order valence-corrected chi connectivity index (χ1v) is 12.9. The molecule has 2 aromatic rings. The quantitative estimate of drug-likeness (QED) is 0.494. The lowest BCUT2D eigenvalue weighted by Crippen LogP contribution is -2.53. The molecule has 134 valence electrons. The Morgan fingerprint density at radius 1 is 0.615 bits per heavy atom. The van der Waals surface area contributed by atoms with Gasteiger partial charge in [-0.3, -0.25) is 0 Å². The van der Waals surface area contributed by atoms with Gasteiger partial charge >= 0.3 is 0 Å². The van der Waals surface area contributed by atoms with Gasteiger partial charge in [-0.25, -0.2) is 0 Å². The monoisotopic (exact) mass is 396 g/mol. The fraction of sp³-hybridized carbons (Fsp3) is 0.478. The molecule has 4 aliphatic carbocycles. The van der Waals surface area contributed by atoms with Crippen molar-refractivity contribution in [3.63, 3.8) is 0 Å². The summed E-state index contributed by atoms with van der Waals surface area (Å²) in [5.41, 5.74) is 2.94. The Bertz CT molecular complexity index is 733. The number of thioether (sulfide) groups is 1. The maximum absolute atomic E-state index is 2.35. The van der Waals surface area contributed by atoms with Crippen LogP contribution in [-0.2, 0) is 4.08 Å². The molecule has 4 saturated carbocycles. The van der Waals surface area contributed by atoms with Crippen molar-refractivity contribution < 1.29 is 0 Å². The second kappa shape index (κ2) is 5.99. The third kappa shape index (κ3) is 2.26. The minimum atomic E-state index is 0.0442. The Hall–Kier alpha value is -0.510. The van der Waals surface area contributed by atoms with Crippen LogP contribution in [0.2, 0.25) is 0 Å². The molecule has 26 heavy (non-hydrogen) atoms. The van der Waals surface area contributed by atoms with Crippen molar-refractivity contribution in [2.45, 2.75) is 40.3 Å². The van der Waals surface area contributed by atoms with E-state index in [1.54, 1.807) is 0 Å². The molecule has 5 fully saturated rings. The normalized spacial score (nSPS) is 39.5. The summed E-state index contributed by atoms with van der Waals surface area (Å²) in [7, 11) is 4.41. The molecule has 5 aliphatic rings. The maximum Gasteiger partial charge on any atom is 0.123 e. The lowest BCUT2D eigenvalue weighted by atomic mass is 9.56. The molecule has 0 N–H and O–H groups in total. The fourth-order valence-electron chi connectivity index (χ4n) is 6.22. The Labute approximate surface area is 168 Å². The highest BCUT2D eigenvalue weighted by atomic mass is 33.1. The van der Waals surface area contributed by atoms with E-state index in [9.17, 15) is 0 Å². The summed E-state index contributed by atoms with van der Waals surface area (Å²) in [5.74, 6) is 3.93. The maximum atomic E-state index is 2.35. The van der Waals surface area contributed by atoms with Gasteiger partial charge in [-0.2, -0.15) is 0 Å². The molecule has 1 spiro atoms. The molecule has 0 amide bonds. The molecule has 4 bridgehead atoms. The van der Waals surface area contributed by atoms with E-state index >= 15 is 0 Å². The topological polar surface area (TPSA) is 0 Å². The molecule has 0 nitrogen and oxygen atoms in total. The van der Waals surface area contributed by atoms with E-state index in [4.69, 9.17) is 0 Å². The smallest absolute Gasteiger partial charge is 0.114 e. The molecule has 1 heterocycles. The van der Waals surface area contributed by atoms with Gasteiger partial charge in [0.25, 0.3) is 0 Å². The van der Waals surface area contributed by atoms with Crippen molar-refractivity contribution in [3.8, 4) is 0 Å². The standard InChI is InChI=1S/C23H24S3/c1-3-7-18(8-4-1)22(19-9-5-2-6-10-19)24-23(26-25-22)20-12-16-11-17(14-20)15-21(23)13-16/h1-10,16-17,20-21H,11-15H2. The van der Waals surface area contributed by atoms with Gasteiger partial charge in [0.1, 0.15) is 4.08 Å². The highest BCUT2D eigenvalue weighted by Crippen LogP contribution is 2.80. The lowest BCUT2D eigenvalue weighted by molar-refractivity contribution is 0.0159. The molecule has 1 saturated heterocycles. The van der Waals surface area contributed by atoms with Crippen molar-refractivity contribution in [1.29, 1.82) is 0 Å². The third-order valence-corrected chi connectivity index (χ3v) is 14.1. The number of rotatable bonds is 2. The van der Waals surface area contributed by atoms with Gasteiger partial charge in [0.15, 0.2) is 0 Å². The average molecular weight is 397 g/mol. The summed E-state index contributed by atoms with van der Waals surface area (Å²) in [4.78, 5) is 0. The molecule has 3 heteroatoms.